The lowest BCUT2D eigenvalue weighted by Gasteiger charge is -2.23. The Morgan fingerprint density at radius 3 is 2.19 bits per heavy atom. The van der Waals surface area contributed by atoms with Gasteiger partial charge in [-0.1, -0.05) is 12.2 Å². The second-order valence-corrected chi connectivity index (χ2v) is 8.86. The Hall–Kier alpha value is -2.05. The molecule has 0 radical (unpaired) electrons. The van der Waals surface area contributed by atoms with E-state index >= 15 is 0 Å². The van der Waals surface area contributed by atoms with Crippen LogP contribution >= 0.6 is 0 Å². The fourth-order valence-corrected chi connectivity index (χ4v) is 2.64. The first-order valence-electron chi connectivity index (χ1n) is 8.80. The fourth-order valence-electron chi connectivity index (χ4n) is 2.64. The molecule has 0 aromatic rings. The van der Waals surface area contributed by atoms with Crippen LogP contribution in [0.1, 0.15) is 67.7 Å². The van der Waals surface area contributed by atoms with E-state index in [1.165, 1.54) is 0 Å². The Balaban J connectivity index is 2.40. The van der Waals surface area contributed by atoms with Crippen molar-refractivity contribution in [2.24, 2.45) is 5.92 Å². The summed E-state index contributed by atoms with van der Waals surface area (Å²) in [4.78, 5) is 35.0. The molecule has 0 saturated carbocycles. The van der Waals surface area contributed by atoms with Crippen LogP contribution in [-0.4, -0.2) is 35.0 Å². The van der Waals surface area contributed by atoms with Crippen molar-refractivity contribution in [3.63, 3.8) is 0 Å². The van der Waals surface area contributed by atoms with Crippen molar-refractivity contribution in [3.8, 4) is 0 Å². The highest BCUT2D eigenvalue weighted by Gasteiger charge is 2.36. The minimum atomic E-state index is -1.10. The first-order chi connectivity index (χ1) is 11.7. The van der Waals surface area contributed by atoms with Gasteiger partial charge in [0.25, 0.3) is 0 Å². The van der Waals surface area contributed by atoms with Gasteiger partial charge in [-0.25, -0.2) is 9.59 Å². The number of hydrogen-bond acceptors (Lipinski definition) is 6. The van der Waals surface area contributed by atoms with Gasteiger partial charge in [0, 0.05) is 17.9 Å². The van der Waals surface area contributed by atoms with Crippen molar-refractivity contribution in [2.45, 2.75) is 84.5 Å². The van der Waals surface area contributed by atoms with Crippen molar-refractivity contribution < 1.29 is 28.6 Å². The zero-order chi connectivity index (χ0) is 20.2. The lowest BCUT2D eigenvalue weighted by molar-refractivity contribution is -0.122. The topological polar surface area (TPSA) is 90.9 Å². The summed E-state index contributed by atoms with van der Waals surface area (Å²) in [5.74, 6) is 0.0264. The third-order valence-electron chi connectivity index (χ3n) is 3.70. The quantitative estimate of drug-likeness (QED) is 0.446. The van der Waals surface area contributed by atoms with Crippen LogP contribution in [0.5, 0.6) is 0 Å². The molecule has 1 aliphatic rings. The van der Waals surface area contributed by atoms with Crippen molar-refractivity contribution in [1.82, 2.24) is 5.32 Å². The zero-order valence-corrected chi connectivity index (χ0v) is 16.8. The van der Waals surface area contributed by atoms with E-state index in [9.17, 15) is 14.4 Å². The van der Waals surface area contributed by atoms with Crippen molar-refractivity contribution in [1.29, 1.82) is 0 Å². The van der Waals surface area contributed by atoms with E-state index in [4.69, 9.17) is 9.47 Å². The Labute approximate surface area is 155 Å². The van der Waals surface area contributed by atoms with Gasteiger partial charge in [-0.15, -0.1) is 0 Å². The summed E-state index contributed by atoms with van der Waals surface area (Å²) in [6, 6.07) is 0. The Kier molecular flexibility index (Phi) is 6.85. The van der Waals surface area contributed by atoms with Crippen molar-refractivity contribution in [2.75, 3.05) is 0 Å². The van der Waals surface area contributed by atoms with Crippen LogP contribution in [0.3, 0.4) is 0 Å². The van der Waals surface area contributed by atoms with E-state index in [-0.39, 0.29) is 17.4 Å². The van der Waals surface area contributed by atoms with Crippen LogP contribution < -0.4 is 5.32 Å². The summed E-state index contributed by atoms with van der Waals surface area (Å²) in [5, 5.41) is 2.96. The Morgan fingerprint density at radius 2 is 1.69 bits per heavy atom. The first kappa shape index (κ1) is 22.0. The van der Waals surface area contributed by atoms with Gasteiger partial charge in [0.1, 0.15) is 11.2 Å². The zero-order valence-electron chi connectivity index (χ0n) is 16.8. The molecule has 1 heterocycles. The molecule has 0 bridgehead atoms. The maximum atomic E-state index is 11.9. The molecule has 1 fully saturated rings. The first-order valence-corrected chi connectivity index (χ1v) is 8.80. The molecule has 1 atom stereocenters. The number of amides is 1. The number of allylic oxidation sites excluding steroid dienone is 1. The van der Waals surface area contributed by atoms with Crippen LogP contribution in [0, 0.1) is 5.92 Å². The average molecular weight is 369 g/mol. The smallest absolute Gasteiger partial charge is 0.428 e. The molecule has 1 aliphatic heterocycles. The van der Waals surface area contributed by atoms with Crippen LogP contribution in [0.4, 0.5) is 9.59 Å². The van der Waals surface area contributed by atoms with Crippen molar-refractivity contribution in [3.05, 3.63) is 12.2 Å². The molecular formula is C19H31NO6. The molecule has 0 aromatic carbocycles. The predicted octanol–water partition coefficient (Wildman–Crippen LogP) is 4.10. The molecule has 1 rings (SSSR count). The van der Waals surface area contributed by atoms with E-state index in [2.05, 4.69) is 10.1 Å². The molecule has 0 spiro atoms. The highest BCUT2D eigenvalue weighted by atomic mass is 16.8. The van der Waals surface area contributed by atoms with Gasteiger partial charge in [0.15, 0.2) is 0 Å². The summed E-state index contributed by atoms with van der Waals surface area (Å²) < 4.78 is 14.5. The van der Waals surface area contributed by atoms with E-state index in [0.717, 1.165) is 6.42 Å². The highest BCUT2D eigenvalue weighted by Crippen LogP contribution is 2.27. The molecule has 1 N–H and O–H groups in total. The van der Waals surface area contributed by atoms with Crippen LogP contribution in [0.15, 0.2) is 12.2 Å². The molecule has 0 aliphatic carbocycles. The number of ether oxygens (including phenoxy) is 3. The summed E-state index contributed by atoms with van der Waals surface area (Å²) in [5.41, 5.74) is -1.77. The van der Waals surface area contributed by atoms with Gasteiger partial charge < -0.3 is 19.5 Å². The maximum Gasteiger partial charge on any atom is 0.519 e. The van der Waals surface area contributed by atoms with Gasteiger partial charge in [0.05, 0.1) is 0 Å². The highest BCUT2D eigenvalue weighted by molar-refractivity contribution is 5.82. The van der Waals surface area contributed by atoms with Gasteiger partial charge in [0.2, 0.25) is 5.91 Å². The number of rotatable bonds is 5. The summed E-state index contributed by atoms with van der Waals surface area (Å²) in [6.45, 7) is 12.4. The second-order valence-electron chi connectivity index (χ2n) is 8.86. The fraction of sp³-hybridized carbons (Fsp3) is 0.737. The molecule has 0 aromatic heterocycles. The summed E-state index contributed by atoms with van der Waals surface area (Å²) in [6.07, 6.45) is 3.42. The van der Waals surface area contributed by atoms with Crippen LogP contribution in [-0.2, 0) is 19.0 Å². The third-order valence-corrected chi connectivity index (χ3v) is 3.70. The Bertz CT molecular complexity index is 571. The molecule has 148 valence electrons. The molecule has 1 amide bonds. The maximum absolute atomic E-state index is 11.9. The minimum absolute atomic E-state index is 0.0394. The van der Waals surface area contributed by atoms with Crippen LogP contribution in [0.2, 0.25) is 0 Å². The molecule has 7 nitrogen and oxygen atoms in total. The van der Waals surface area contributed by atoms with Gasteiger partial charge in [-0.2, -0.15) is 0 Å². The predicted molar refractivity (Wildman–Crippen MR) is 96.6 cm³/mol. The molecule has 1 unspecified atom stereocenters. The van der Waals surface area contributed by atoms with E-state index < -0.39 is 23.5 Å². The number of carbonyl (C=O) groups excluding carboxylic acids is 3. The standard InChI is InChI=1S/C19H31NO6/c1-17(2,3)25-15(22)24-16(23)26-19(6,7)11-9-8-10-13-12-18(4,5)20-14(13)21/h8-9,13H,10-12H2,1-7H3,(H,20,21)/b9-8-. The number of nitrogens with one attached hydrogen (secondary N) is 1. The molecule has 7 heteroatoms. The molecular weight excluding hydrogens is 338 g/mol. The number of carbonyl (C=O) groups is 3. The monoisotopic (exact) mass is 369 g/mol. The lowest BCUT2D eigenvalue weighted by Crippen LogP contribution is -2.34. The lowest BCUT2D eigenvalue weighted by atomic mass is 9.94. The van der Waals surface area contributed by atoms with Gasteiger partial charge in [-0.3, -0.25) is 4.79 Å². The summed E-state index contributed by atoms with van der Waals surface area (Å²) >= 11 is 0. The third kappa shape index (κ3) is 8.36. The van der Waals surface area contributed by atoms with Gasteiger partial charge >= 0.3 is 12.3 Å². The van der Waals surface area contributed by atoms with Crippen molar-refractivity contribution >= 4 is 18.2 Å². The Morgan fingerprint density at radius 1 is 1.12 bits per heavy atom. The SMILES string of the molecule is CC1(C)CC(C/C=C\CC(C)(C)OC(=O)OC(=O)OC(C)(C)C)C(=O)N1. The normalized spacial score (nSPS) is 20.0. The van der Waals surface area contributed by atoms with E-state index in [0.29, 0.717) is 12.8 Å². The number of hydrogen-bond donors (Lipinski definition) is 1. The average Bonchev–Trinajstić information content (AvgIpc) is 2.64. The largest absolute Gasteiger partial charge is 0.519 e. The molecule has 26 heavy (non-hydrogen) atoms. The van der Waals surface area contributed by atoms with Crippen LogP contribution in [0.25, 0.3) is 0 Å². The van der Waals surface area contributed by atoms with E-state index in [1.807, 2.05) is 26.0 Å². The van der Waals surface area contributed by atoms with E-state index in [1.54, 1.807) is 34.6 Å². The second kappa shape index (κ2) is 8.10. The van der Waals surface area contributed by atoms with Gasteiger partial charge in [-0.05, 0) is 61.3 Å². The summed E-state index contributed by atoms with van der Waals surface area (Å²) in [7, 11) is 0. The molecule has 1 saturated heterocycles. The minimum Gasteiger partial charge on any atom is -0.428 e.